The fourth-order valence-electron chi connectivity index (χ4n) is 3.96. The van der Waals surface area contributed by atoms with Crippen LogP contribution in [-0.4, -0.2) is 52.6 Å². The fraction of sp³-hybridized carbons (Fsp3) is 0.500. The Labute approximate surface area is 160 Å². The topological polar surface area (TPSA) is 100.0 Å². The second-order valence-corrected chi connectivity index (χ2v) is 7.17. The molecule has 1 aliphatic rings. The maximum absolute atomic E-state index is 13.3. The number of aryl methyl sites for hydroxylation is 2. The van der Waals surface area contributed by atoms with Crippen LogP contribution < -0.4 is 11.2 Å². The van der Waals surface area contributed by atoms with Gasteiger partial charge in [-0.1, -0.05) is 6.92 Å². The first-order chi connectivity index (χ1) is 13.4. The van der Waals surface area contributed by atoms with E-state index in [1.54, 1.807) is 39.8 Å². The second-order valence-electron chi connectivity index (χ2n) is 7.17. The van der Waals surface area contributed by atoms with Crippen LogP contribution in [0.4, 0.5) is 0 Å². The van der Waals surface area contributed by atoms with Crippen molar-refractivity contribution in [1.29, 1.82) is 0 Å². The van der Waals surface area contributed by atoms with Gasteiger partial charge in [0.05, 0.1) is 23.8 Å². The summed E-state index contributed by atoms with van der Waals surface area (Å²) in [4.78, 5) is 41.7. The molecule has 4 rings (SSSR count). The number of rotatable bonds is 4. The molecule has 0 saturated carbocycles. The first-order valence-corrected chi connectivity index (χ1v) is 9.38. The van der Waals surface area contributed by atoms with E-state index in [1.807, 2.05) is 6.92 Å². The molecule has 0 N–H and O–H groups in total. The van der Waals surface area contributed by atoms with Gasteiger partial charge in [0.15, 0.2) is 0 Å². The van der Waals surface area contributed by atoms with E-state index in [9.17, 15) is 14.4 Å². The van der Waals surface area contributed by atoms with Gasteiger partial charge in [-0.2, -0.15) is 15.0 Å². The highest BCUT2D eigenvalue weighted by Gasteiger charge is 2.31. The highest BCUT2D eigenvalue weighted by atomic mass is 16.2. The molecule has 1 aliphatic heterocycles. The van der Waals surface area contributed by atoms with Gasteiger partial charge in [0.1, 0.15) is 11.3 Å². The van der Waals surface area contributed by atoms with Crippen molar-refractivity contribution in [2.24, 2.45) is 14.1 Å². The fourth-order valence-corrected chi connectivity index (χ4v) is 3.96. The van der Waals surface area contributed by atoms with E-state index in [2.05, 4.69) is 10.2 Å². The minimum absolute atomic E-state index is 0.0418. The largest absolute Gasteiger partial charge is 0.335 e. The van der Waals surface area contributed by atoms with Gasteiger partial charge in [-0.15, -0.1) is 0 Å². The van der Waals surface area contributed by atoms with Crippen LogP contribution >= 0.6 is 0 Å². The zero-order chi connectivity index (χ0) is 20.0. The summed E-state index contributed by atoms with van der Waals surface area (Å²) in [6.45, 7) is 3.64. The van der Waals surface area contributed by atoms with Crippen LogP contribution in [0.3, 0.4) is 0 Å². The third-order valence-electron chi connectivity index (χ3n) is 5.38. The molecule has 0 bridgehead atoms. The third kappa shape index (κ3) is 2.67. The summed E-state index contributed by atoms with van der Waals surface area (Å²) in [5.74, 6) is -0.145. The van der Waals surface area contributed by atoms with Crippen molar-refractivity contribution in [1.82, 2.24) is 33.6 Å². The van der Waals surface area contributed by atoms with Crippen molar-refractivity contribution in [2.45, 2.75) is 32.4 Å². The maximum Gasteiger partial charge on any atom is 0.332 e. The van der Waals surface area contributed by atoms with E-state index >= 15 is 0 Å². The molecular weight excluding hydrogens is 362 g/mol. The van der Waals surface area contributed by atoms with E-state index in [-0.39, 0.29) is 17.5 Å². The van der Waals surface area contributed by atoms with E-state index in [0.29, 0.717) is 36.4 Å². The summed E-state index contributed by atoms with van der Waals surface area (Å²) in [6, 6.07) is 1.66. The molecule has 0 aromatic carbocycles. The van der Waals surface area contributed by atoms with Crippen LogP contribution in [0.1, 0.15) is 36.3 Å². The minimum atomic E-state index is -0.405. The van der Waals surface area contributed by atoms with Crippen molar-refractivity contribution < 1.29 is 4.79 Å². The molecule has 0 aliphatic carbocycles. The number of hydrogen-bond donors (Lipinski definition) is 0. The molecule has 1 amide bonds. The molecule has 10 heteroatoms. The average molecular weight is 385 g/mol. The molecule has 28 heavy (non-hydrogen) atoms. The van der Waals surface area contributed by atoms with Gasteiger partial charge in [-0.3, -0.25) is 18.7 Å². The van der Waals surface area contributed by atoms with Crippen molar-refractivity contribution in [3.05, 3.63) is 45.0 Å². The van der Waals surface area contributed by atoms with Gasteiger partial charge >= 0.3 is 5.69 Å². The first kappa shape index (κ1) is 18.2. The third-order valence-corrected chi connectivity index (χ3v) is 5.38. The van der Waals surface area contributed by atoms with Crippen molar-refractivity contribution in [3.8, 4) is 0 Å². The quantitative estimate of drug-likeness (QED) is 0.635. The van der Waals surface area contributed by atoms with Gasteiger partial charge in [0.25, 0.3) is 11.5 Å². The number of likely N-dealkylation sites (tertiary alicyclic amines) is 1. The molecular formula is C18H23N7O3. The van der Waals surface area contributed by atoms with E-state index < -0.39 is 5.69 Å². The van der Waals surface area contributed by atoms with Gasteiger partial charge < -0.3 is 9.47 Å². The molecule has 0 spiro atoms. The van der Waals surface area contributed by atoms with Crippen LogP contribution in [-0.2, 0) is 20.6 Å². The predicted octanol–water partition coefficient (Wildman–Crippen LogP) is 0.127. The number of carbonyl (C=O) groups is 1. The smallest absolute Gasteiger partial charge is 0.332 e. The Morgan fingerprint density at radius 2 is 1.89 bits per heavy atom. The summed E-state index contributed by atoms with van der Waals surface area (Å²) in [6.07, 6.45) is 4.79. The lowest BCUT2D eigenvalue weighted by Crippen LogP contribution is -2.37. The number of carbonyl (C=O) groups excluding carboxylic acids is 1. The van der Waals surface area contributed by atoms with E-state index in [0.717, 1.165) is 17.4 Å². The summed E-state index contributed by atoms with van der Waals surface area (Å²) in [5.41, 5.74) is 0.131. The molecule has 1 saturated heterocycles. The number of fused-ring (bicyclic) bond motifs is 1. The number of hydrogen-bond acceptors (Lipinski definition) is 5. The summed E-state index contributed by atoms with van der Waals surface area (Å²) < 4.78 is 4.30. The summed E-state index contributed by atoms with van der Waals surface area (Å²) >= 11 is 0. The summed E-state index contributed by atoms with van der Waals surface area (Å²) in [5, 5.41) is 8.72. The van der Waals surface area contributed by atoms with Gasteiger partial charge in [0, 0.05) is 33.7 Å². The van der Waals surface area contributed by atoms with Gasteiger partial charge in [-0.25, -0.2) is 4.79 Å². The van der Waals surface area contributed by atoms with Crippen LogP contribution in [0.25, 0.3) is 11.0 Å². The molecule has 1 fully saturated rings. The Morgan fingerprint density at radius 3 is 2.57 bits per heavy atom. The average Bonchev–Trinajstić information content (AvgIpc) is 3.43. The van der Waals surface area contributed by atoms with E-state index in [4.69, 9.17) is 0 Å². The monoisotopic (exact) mass is 385 g/mol. The molecule has 3 aromatic heterocycles. The lowest BCUT2D eigenvalue weighted by Gasteiger charge is -2.18. The van der Waals surface area contributed by atoms with Crippen LogP contribution in [0.5, 0.6) is 0 Å². The Morgan fingerprint density at radius 1 is 1.18 bits per heavy atom. The minimum Gasteiger partial charge on any atom is -0.335 e. The Kier molecular flexibility index (Phi) is 4.40. The normalized spacial score (nSPS) is 17.0. The molecule has 10 nitrogen and oxygen atoms in total. The van der Waals surface area contributed by atoms with Gasteiger partial charge in [0.2, 0.25) is 0 Å². The molecule has 3 aromatic rings. The van der Waals surface area contributed by atoms with E-state index in [1.165, 1.54) is 11.6 Å². The molecule has 148 valence electrons. The highest BCUT2D eigenvalue weighted by Crippen LogP contribution is 2.24. The Bertz CT molecular complexity index is 1150. The van der Waals surface area contributed by atoms with Crippen LogP contribution in [0.2, 0.25) is 0 Å². The highest BCUT2D eigenvalue weighted by molar-refractivity contribution is 5.98. The molecule has 1 atom stereocenters. The Hall–Kier alpha value is -3.17. The molecule has 4 heterocycles. The number of nitrogens with zero attached hydrogens (tertiary/aromatic N) is 7. The molecule has 1 unspecified atom stereocenters. The standard InChI is InChI=1S/C18H23N7O3/c1-4-8-24-14(10-13-15(24)21(2)18(28)22(3)16(13)26)17(27)23-9-5-12(11-23)25-19-6-7-20-25/h6-7,10,12H,4-5,8-9,11H2,1-3H3. The predicted molar refractivity (Wildman–Crippen MR) is 102 cm³/mol. The second kappa shape index (κ2) is 6.77. The SMILES string of the molecule is CCCn1c(C(=O)N2CCC(n3nccn3)C2)cc2c(=O)n(C)c(=O)n(C)c21. The maximum atomic E-state index is 13.3. The summed E-state index contributed by atoms with van der Waals surface area (Å²) in [7, 11) is 3.07. The number of amides is 1. The lowest BCUT2D eigenvalue weighted by atomic mass is 10.3. The lowest BCUT2D eigenvalue weighted by molar-refractivity contribution is 0.0775. The molecule has 0 radical (unpaired) electrons. The number of aromatic nitrogens is 6. The van der Waals surface area contributed by atoms with Crippen LogP contribution in [0.15, 0.2) is 28.0 Å². The van der Waals surface area contributed by atoms with Crippen molar-refractivity contribution in [2.75, 3.05) is 13.1 Å². The van der Waals surface area contributed by atoms with Crippen molar-refractivity contribution in [3.63, 3.8) is 0 Å². The van der Waals surface area contributed by atoms with Gasteiger partial charge in [-0.05, 0) is 18.9 Å². The zero-order valence-corrected chi connectivity index (χ0v) is 16.2. The Balaban J connectivity index is 1.78. The van der Waals surface area contributed by atoms with Crippen LogP contribution in [0, 0.1) is 0 Å². The van der Waals surface area contributed by atoms with Crippen molar-refractivity contribution >= 4 is 16.9 Å². The first-order valence-electron chi connectivity index (χ1n) is 9.38. The zero-order valence-electron chi connectivity index (χ0n) is 16.2.